The predicted molar refractivity (Wildman–Crippen MR) is 108 cm³/mol. The number of ether oxygens (including phenoxy) is 1. The van der Waals surface area contributed by atoms with Gasteiger partial charge in [0.2, 0.25) is 0 Å². The van der Waals surface area contributed by atoms with Crippen LogP contribution in [-0.4, -0.2) is 28.3 Å². The summed E-state index contributed by atoms with van der Waals surface area (Å²) in [5.74, 6) is -0.561. The maximum Gasteiger partial charge on any atom is 0.341 e. The summed E-state index contributed by atoms with van der Waals surface area (Å²) in [5.41, 5.74) is 4.97. The van der Waals surface area contributed by atoms with E-state index in [4.69, 9.17) is 4.74 Å². The molecule has 3 rings (SSSR count). The molecule has 1 aromatic heterocycles. The summed E-state index contributed by atoms with van der Waals surface area (Å²) in [4.78, 5) is 24.6. The second kappa shape index (κ2) is 8.08. The van der Waals surface area contributed by atoms with E-state index in [1.165, 1.54) is 0 Å². The molecule has 6 heteroatoms. The van der Waals surface area contributed by atoms with Gasteiger partial charge in [-0.25, -0.2) is 9.48 Å². The molecule has 6 nitrogen and oxygen atoms in total. The molecule has 0 aliphatic rings. The first-order chi connectivity index (χ1) is 13.4. The molecule has 1 N–H and O–H groups in total. The molecule has 1 amide bonds. The monoisotopic (exact) mass is 377 g/mol. The van der Waals surface area contributed by atoms with Crippen molar-refractivity contribution in [3.05, 3.63) is 76.6 Å². The van der Waals surface area contributed by atoms with Crippen molar-refractivity contribution >= 4 is 17.6 Å². The maximum atomic E-state index is 12.4. The van der Waals surface area contributed by atoms with E-state index in [1.807, 2.05) is 38.1 Å². The molecule has 0 fully saturated rings. The van der Waals surface area contributed by atoms with Gasteiger partial charge in [0.25, 0.3) is 5.91 Å². The number of carbonyl (C=O) groups excluding carboxylic acids is 2. The van der Waals surface area contributed by atoms with Gasteiger partial charge >= 0.3 is 5.97 Å². The van der Waals surface area contributed by atoms with E-state index in [0.29, 0.717) is 29.1 Å². The van der Waals surface area contributed by atoms with E-state index in [2.05, 4.69) is 10.4 Å². The molecule has 0 radical (unpaired) electrons. The zero-order valence-corrected chi connectivity index (χ0v) is 16.4. The van der Waals surface area contributed by atoms with Crippen molar-refractivity contribution in [2.45, 2.75) is 27.7 Å². The van der Waals surface area contributed by atoms with Gasteiger partial charge < -0.3 is 10.1 Å². The molecule has 0 aliphatic carbocycles. The van der Waals surface area contributed by atoms with Crippen molar-refractivity contribution in [1.29, 1.82) is 0 Å². The number of hydrogen-bond acceptors (Lipinski definition) is 4. The number of benzene rings is 2. The average molecular weight is 377 g/mol. The SMILES string of the molecule is CCOC(=O)c1c(C)nn(-c2ccc(C(=O)Nc3ccc(C)cc3)cc2)c1C. The quantitative estimate of drug-likeness (QED) is 0.676. The largest absolute Gasteiger partial charge is 0.462 e. The van der Waals surface area contributed by atoms with Gasteiger partial charge in [-0.05, 0) is 64.1 Å². The zero-order chi connectivity index (χ0) is 20.3. The molecule has 3 aromatic rings. The topological polar surface area (TPSA) is 73.2 Å². The van der Waals surface area contributed by atoms with Gasteiger partial charge in [0.05, 0.1) is 23.7 Å². The number of aryl methyl sites for hydroxylation is 2. The van der Waals surface area contributed by atoms with Gasteiger partial charge in [-0.3, -0.25) is 4.79 Å². The van der Waals surface area contributed by atoms with Crippen molar-refractivity contribution in [1.82, 2.24) is 9.78 Å². The van der Waals surface area contributed by atoms with Crippen LogP contribution in [0.5, 0.6) is 0 Å². The van der Waals surface area contributed by atoms with Crippen molar-refractivity contribution in [3.8, 4) is 5.69 Å². The molecule has 28 heavy (non-hydrogen) atoms. The summed E-state index contributed by atoms with van der Waals surface area (Å²) in [7, 11) is 0. The van der Waals surface area contributed by atoms with E-state index in [9.17, 15) is 9.59 Å². The fourth-order valence-electron chi connectivity index (χ4n) is 2.99. The van der Waals surface area contributed by atoms with E-state index < -0.39 is 0 Å². The van der Waals surface area contributed by atoms with E-state index in [0.717, 1.165) is 16.9 Å². The Balaban J connectivity index is 1.81. The minimum Gasteiger partial charge on any atom is -0.462 e. The average Bonchev–Trinajstić information content (AvgIpc) is 2.98. The molecular weight excluding hydrogens is 354 g/mol. The third-order valence-corrected chi connectivity index (χ3v) is 4.45. The second-order valence-electron chi connectivity index (χ2n) is 6.55. The number of nitrogens with one attached hydrogen (secondary N) is 1. The second-order valence-corrected chi connectivity index (χ2v) is 6.55. The Morgan fingerprint density at radius 2 is 1.64 bits per heavy atom. The van der Waals surface area contributed by atoms with Crippen LogP contribution in [0.4, 0.5) is 5.69 Å². The fraction of sp³-hybridized carbons (Fsp3) is 0.227. The molecule has 0 spiro atoms. The molecule has 144 valence electrons. The van der Waals surface area contributed by atoms with Crippen LogP contribution in [-0.2, 0) is 4.74 Å². The molecule has 0 saturated heterocycles. The Morgan fingerprint density at radius 3 is 2.25 bits per heavy atom. The third-order valence-electron chi connectivity index (χ3n) is 4.45. The van der Waals surface area contributed by atoms with Crippen LogP contribution in [0.3, 0.4) is 0 Å². The van der Waals surface area contributed by atoms with Gasteiger partial charge in [-0.2, -0.15) is 5.10 Å². The van der Waals surface area contributed by atoms with E-state index in [-0.39, 0.29) is 11.9 Å². The summed E-state index contributed by atoms with van der Waals surface area (Å²) in [5, 5.41) is 7.33. The van der Waals surface area contributed by atoms with Gasteiger partial charge in [-0.15, -0.1) is 0 Å². The Kier molecular flexibility index (Phi) is 5.59. The lowest BCUT2D eigenvalue weighted by atomic mass is 10.1. The number of hydrogen-bond donors (Lipinski definition) is 1. The van der Waals surface area contributed by atoms with Crippen molar-refractivity contribution in [2.75, 3.05) is 11.9 Å². The molecule has 1 heterocycles. The highest BCUT2D eigenvalue weighted by Crippen LogP contribution is 2.20. The first kappa shape index (κ1) is 19.4. The number of nitrogens with zero attached hydrogens (tertiary/aromatic N) is 2. The maximum absolute atomic E-state index is 12.4. The van der Waals surface area contributed by atoms with Crippen LogP contribution in [0.25, 0.3) is 5.69 Å². The number of esters is 1. The van der Waals surface area contributed by atoms with Crippen LogP contribution in [0.1, 0.15) is 44.6 Å². The minimum absolute atomic E-state index is 0.184. The lowest BCUT2D eigenvalue weighted by molar-refractivity contribution is 0.0524. The summed E-state index contributed by atoms with van der Waals surface area (Å²) in [6.45, 7) is 7.68. The predicted octanol–water partition coefficient (Wildman–Crippen LogP) is 4.23. The van der Waals surface area contributed by atoms with E-state index >= 15 is 0 Å². The summed E-state index contributed by atoms with van der Waals surface area (Å²) in [6.07, 6.45) is 0. The molecule has 0 bridgehead atoms. The van der Waals surface area contributed by atoms with Crippen LogP contribution in [0.15, 0.2) is 48.5 Å². The highest BCUT2D eigenvalue weighted by molar-refractivity contribution is 6.04. The first-order valence-corrected chi connectivity index (χ1v) is 9.12. The number of rotatable bonds is 5. The van der Waals surface area contributed by atoms with Gasteiger partial charge in [0, 0.05) is 11.3 Å². The number of amides is 1. The van der Waals surface area contributed by atoms with Crippen LogP contribution in [0.2, 0.25) is 0 Å². The lowest BCUT2D eigenvalue weighted by Gasteiger charge is -2.08. The summed E-state index contributed by atoms with van der Waals surface area (Å²) in [6, 6.07) is 14.7. The minimum atomic E-state index is -0.377. The van der Waals surface area contributed by atoms with Crippen LogP contribution in [0, 0.1) is 20.8 Å². The smallest absolute Gasteiger partial charge is 0.341 e. The van der Waals surface area contributed by atoms with Crippen LogP contribution < -0.4 is 5.32 Å². The van der Waals surface area contributed by atoms with Crippen molar-refractivity contribution < 1.29 is 14.3 Å². The summed E-state index contributed by atoms with van der Waals surface area (Å²) >= 11 is 0. The van der Waals surface area contributed by atoms with Gasteiger partial charge in [0.1, 0.15) is 5.56 Å². The Labute approximate surface area is 164 Å². The molecule has 0 saturated carbocycles. The molecule has 0 aliphatic heterocycles. The van der Waals surface area contributed by atoms with Gasteiger partial charge in [-0.1, -0.05) is 17.7 Å². The van der Waals surface area contributed by atoms with Crippen molar-refractivity contribution in [3.63, 3.8) is 0 Å². The standard InChI is InChI=1S/C22H23N3O3/c1-5-28-22(27)20-15(3)24-25(16(20)4)19-12-8-17(9-13-19)21(26)23-18-10-6-14(2)7-11-18/h6-13H,5H2,1-4H3,(H,23,26). The highest BCUT2D eigenvalue weighted by Gasteiger charge is 2.20. The Morgan fingerprint density at radius 1 is 1.00 bits per heavy atom. The highest BCUT2D eigenvalue weighted by atomic mass is 16.5. The molecular formula is C22H23N3O3. The Hall–Kier alpha value is -3.41. The molecule has 0 unspecified atom stereocenters. The van der Waals surface area contributed by atoms with Crippen molar-refractivity contribution in [2.24, 2.45) is 0 Å². The lowest BCUT2D eigenvalue weighted by Crippen LogP contribution is -2.12. The number of carbonyl (C=O) groups is 2. The first-order valence-electron chi connectivity index (χ1n) is 9.12. The normalized spacial score (nSPS) is 10.6. The Bertz CT molecular complexity index is 1000. The van der Waals surface area contributed by atoms with Gasteiger partial charge in [0.15, 0.2) is 0 Å². The van der Waals surface area contributed by atoms with E-state index in [1.54, 1.807) is 42.8 Å². The fourth-order valence-corrected chi connectivity index (χ4v) is 2.99. The third kappa shape index (κ3) is 3.96. The zero-order valence-electron chi connectivity index (χ0n) is 16.4. The molecule has 0 atom stereocenters. The molecule has 2 aromatic carbocycles. The number of aromatic nitrogens is 2. The number of anilines is 1. The van der Waals surface area contributed by atoms with Crippen LogP contribution >= 0.6 is 0 Å². The summed E-state index contributed by atoms with van der Waals surface area (Å²) < 4.78 is 6.79.